The number of esters is 1. The molecule has 0 amide bonds. The van der Waals surface area contributed by atoms with Crippen molar-refractivity contribution in [1.82, 2.24) is 4.57 Å². The van der Waals surface area contributed by atoms with Gasteiger partial charge in [-0.25, -0.2) is 9.79 Å². The van der Waals surface area contributed by atoms with E-state index in [0.717, 1.165) is 21.6 Å². The number of hydrogen-bond acceptors (Lipinski definition) is 6. The number of carbonyl (C=O) groups excluding carboxylic acids is 1. The molecule has 164 valence electrons. The number of fused-ring (bicyclic) bond motifs is 1. The molecule has 7 heteroatoms. The molecular formula is C25H24N2O3S2. The van der Waals surface area contributed by atoms with E-state index in [1.54, 1.807) is 30.2 Å². The normalized spacial score (nSPS) is 16.0. The molecular weight excluding hydrogens is 440 g/mol. The van der Waals surface area contributed by atoms with Crippen molar-refractivity contribution in [2.45, 2.75) is 31.7 Å². The van der Waals surface area contributed by atoms with Crippen LogP contribution in [0.1, 0.15) is 36.6 Å². The van der Waals surface area contributed by atoms with Gasteiger partial charge in [0, 0.05) is 4.90 Å². The van der Waals surface area contributed by atoms with Gasteiger partial charge in [0.25, 0.3) is 5.56 Å². The molecule has 4 rings (SSSR count). The van der Waals surface area contributed by atoms with Crippen LogP contribution in [0.3, 0.4) is 0 Å². The average Bonchev–Trinajstić information content (AvgIpc) is 3.08. The first kappa shape index (κ1) is 22.3. The third kappa shape index (κ3) is 4.23. The van der Waals surface area contributed by atoms with Gasteiger partial charge in [-0.2, -0.15) is 0 Å². The number of aryl methyl sites for hydroxylation is 1. The Morgan fingerprint density at radius 1 is 1.16 bits per heavy atom. The minimum Gasteiger partial charge on any atom is -0.463 e. The summed E-state index contributed by atoms with van der Waals surface area (Å²) < 4.78 is 7.53. The molecule has 3 aromatic rings. The Bertz CT molecular complexity index is 1360. The fourth-order valence-electron chi connectivity index (χ4n) is 3.71. The summed E-state index contributed by atoms with van der Waals surface area (Å²) in [6.45, 7) is 5.83. The van der Waals surface area contributed by atoms with Gasteiger partial charge in [-0.3, -0.25) is 9.36 Å². The largest absolute Gasteiger partial charge is 0.463 e. The van der Waals surface area contributed by atoms with E-state index in [1.807, 2.05) is 67.8 Å². The number of thiazole rings is 1. The molecule has 1 atom stereocenters. The molecule has 0 aliphatic carbocycles. The molecule has 1 aliphatic rings. The highest BCUT2D eigenvalue weighted by atomic mass is 32.2. The fraction of sp³-hybridized carbons (Fsp3) is 0.240. The van der Waals surface area contributed by atoms with E-state index >= 15 is 0 Å². The standard InChI is InChI=1S/C25H24N2O3S2/c1-5-30-24(29)21-16(3)26-25-27(22(21)18-10-6-15(2)7-11-18)23(28)20(32-25)14-17-8-12-19(31-4)13-9-17/h6-14,22H,5H2,1-4H3/b20-14+/t22-/m0/s1. The second-order valence-electron chi connectivity index (χ2n) is 7.49. The lowest BCUT2D eigenvalue weighted by molar-refractivity contribution is -0.139. The van der Waals surface area contributed by atoms with E-state index in [-0.39, 0.29) is 12.2 Å². The number of allylic oxidation sites excluding steroid dienone is 1. The van der Waals surface area contributed by atoms with Crippen LogP contribution >= 0.6 is 23.1 Å². The summed E-state index contributed by atoms with van der Waals surface area (Å²) in [6.07, 6.45) is 3.91. The van der Waals surface area contributed by atoms with E-state index < -0.39 is 12.0 Å². The molecule has 0 N–H and O–H groups in total. The summed E-state index contributed by atoms with van der Waals surface area (Å²) in [7, 11) is 0. The average molecular weight is 465 g/mol. The van der Waals surface area contributed by atoms with Crippen LogP contribution in [0.15, 0.2) is 74.5 Å². The van der Waals surface area contributed by atoms with Crippen molar-refractivity contribution in [2.24, 2.45) is 4.99 Å². The zero-order chi connectivity index (χ0) is 22.8. The van der Waals surface area contributed by atoms with Crippen LogP contribution < -0.4 is 14.9 Å². The molecule has 0 saturated carbocycles. The minimum absolute atomic E-state index is 0.164. The van der Waals surface area contributed by atoms with E-state index in [2.05, 4.69) is 4.99 Å². The number of thioether (sulfide) groups is 1. The maximum Gasteiger partial charge on any atom is 0.338 e. The Kier molecular flexibility index (Phi) is 6.48. The summed E-state index contributed by atoms with van der Waals surface area (Å²) in [5.74, 6) is -0.443. The fourth-order valence-corrected chi connectivity index (χ4v) is 5.16. The lowest BCUT2D eigenvalue weighted by Crippen LogP contribution is -2.39. The number of hydrogen-bond donors (Lipinski definition) is 0. The number of aromatic nitrogens is 1. The number of benzene rings is 2. The van der Waals surface area contributed by atoms with Crippen LogP contribution in [-0.4, -0.2) is 23.4 Å². The predicted octanol–water partition coefficient (Wildman–Crippen LogP) is 3.83. The Balaban J connectivity index is 1.92. The first-order valence-electron chi connectivity index (χ1n) is 10.3. The van der Waals surface area contributed by atoms with Crippen molar-refractivity contribution >= 4 is 35.1 Å². The molecule has 0 radical (unpaired) electrons. The van der Waals surface area contributed by atoms with Crippen molar-refractivity contribution in [3.05, 3.63) is 96.2 Å². The Morgan fingerprint density at radius 2 is 1.84 bits per heavy atom. The van der Waals surface area contributed by atoms with Gasteiger partial charge < -0.3 is 4.74 Å². The van der Waals surface area contributed by atoms with Gasteiger partial charge in [-0.15, -0.1) is 11.8 Å². The van der Waals surface area contributed by atoms with Crippen LogP contribution in [0, 0.1) is 6.92 Å². The topological polar surface area (TPSA) is 60.7 Å². The second kappa shape index (κ2) is 9.30. The molecule has 0 unspecified atom stereocenters. The highest BCUT2D eigenvalue weighted by Crippen LogP contribution is 2.30. The van der Waals surface area contributed by atoms with Gasteiger partial charge in [0.2, 0.25) is 0 Å². The van der Waals surface area contributed by atoms with Crippen molar-refractivity contribution in [3.8, 4) is 0 Å². The molecule has 5 nitrogen and oxygen atoms in total. The van der Waals surface area contributed by atoms with E-state index in [0.29, 0.717) is 20.6 Å². The van der Waals surface area contributed by atoms with Gasteiger partial charge in [0.1, 0.15) is 0 Å². The van der Waals surface area contributed by atoms with Gasteiger partial charge in [0.15, 0.2) is 4.80 Å². The summed E-state index contributed by atoms with van der Waals surface area (Å²) >= 11 is 3.01. The van der Waals surface area contributed by atoms with Gasteiger partial charge >= 0.3 is 5.97 Å². The quantitative estimate of drug-likeness (QED) is 0.425. The molecule has 2 heterocycles. The number of rotatable bonds is 5. The molecule has 1 aliphatic heterocycles. The first-order chi connectivity index (χ1) is 15.4. The summed E-state index contributed by atoms with van der Waals surface area (Å²) in [6, 6.07) is 15.4. The number of ether oxygens (including phenoxy) is 1. The Hall–Kier alpha value is -2.90. The third-order valence-electron chi connectivity index (χ3n) is 5.32. The number of nitrogens with zero attached hydrogens (tertiary/aromatic N) is 2. The predicted molar refractivity (Wildman–Crippen MR) is 130 cm³/mol. The van der Waals surface area contributed by atoms with Gasteiger partial charge in [0.05, 0.1) is 28.5 Å². The zero-order valence-corrected chi connectivity index (χ0v) is 20.0. The van der Waals surface area contributed by atoms with Crippen molar-refractivity contribution in [1.29, 1.82) is 0 Å². The number of carbonyl (C=O) groups is 1. The summed E-state index contributed by atoms with van der Waals surface area (Å²) in [4.78, 5) is 32.8. The van der Waals surface area contributed by atoms with Gasteiger partial charge in [-0.05, 0) is 56.4 Å². The lowest BCUT2D eigenvalue weighted by atomic mass is 9.95. The maximum atomic E-state index is 13.5. The van der Waals surface area contributed by atoms with E-state index in [4.69, 9.17) is 4.74 Å². The molecule has 0 fully saturated rings. The van der Waals surface area contributed by atoms with Crippen LogP contribution in [0.5, 0.6) is 0 Å². The summed E-state index contributed by atoms with van der Waals surface area (Å²) in [5.41, 5.74) is 3.71. The highest BCUT2D eigenvalue weighted by molar-refractivity contribution is 7.98. The van der Waals surface area contributed by atoms with Crippen LogP contribution in [0.2, 0.25) is 0 Å². The molecule has 0 spiro atoms. The lowest BCUT2D eigenvalue weighted by Gasteiger charge is -2.24. The van der Waals surface area contributed by atoms with Crippen LogP contribution in [0.4, 0.5) is 0 Å². The molecule has 2 aromatic carbocycles. The highest BCUT2D eigenvalue weighted by Gasteiger charge is 2.33. The Labute approximate surface area is 194 Å². The molecule has 1 aromatic heterocycles. The third-order valence-corrected chi connectivity index (χ3v) is 7.05. The SMILES string of the molecule is CCOC(=O)C1=C(C)N=c2s/c(=C/c3ccc(SC)cc3)c(=O)n2[C@H]1c1ccc(C)cc1. The van der Waals surface area contributed by atoms with E-state index in [1.165, 1.54) is 11.3 Å². The molecule has 0 saturated heterocycles. The monoisotopic (exact) mass is 464 g/mol. The van der Waals surface area contributed by atoms with Gasteiger partial charge in [-0.1, -0.05) is 53.3 Å². The summed E-state index contributed by atoms with van der Waals surface area (Å²) in [5, 5.41) is 0. The molecule has 32 heavy (non-hydrogen) atoms. The first-order valence-corrected chi connectivity index (χ1v) is 12.4. The minimum atomic E-state index is -0.577. The molecule has 0 bridgehead atoms. The van der Waals surface area contributed by atoms with Crippen molar-refractivity contribution < 1.29 is 9.53 Å². The van der Waals surface area contributed by atoms with Crippen molar-refractivity contribution in [3.63, 3.8) is 0 Å². The van der Waals surface area contributed by atoms with Crippen LogP contribution in [0.25, 0.3) is 6.08 Å². The Morgan fingerprint density at radius 3 is 2.47 bits per heavy atom. The second-order valence-corrected chi connectivity index (χ2v) is 9.37. The smallest absolute Gasteiger partial charge is 0.338 e. The van der Waals surface area contributed by atoms with Crippen LogP contribution in [-0.2, 0) is 9.53 Å². The van der Waals surface area contributed by atoms with Crippen molar-refractivity contribution in [2.75, 3.05) is 12.9 Å². The van der Waals surface area contributed by atoms with E-state index in [9.17, 15) is 9.59 Å². The zero-order valence-electron chi connectivity index (χ0n) is 18.4. The maximum absolute atomic E-state index is 13.5.